The Morgan fingerprint density at radius 3 is 2.39 bits per heavy atom. The molecule has 0 heterocycles. The van der Waals surface area contributed by atoms with Gasteiger partial charge < -0.3 is 9.64 Å². The third-order valence-electron chi connectivity index (χ3n) is 3.83. The van der Waals surface area contributed by atoms with E-state index in [0.717, 1.165) is 0 Å². The summed E-state index contributed by atoms with van der Waals surface area (Å²) in [5.41, 5.74) is 0.584. The SMILES string of the molecule is C[C@@H](OC(=O)CNS(=O)(=O)c1ccccc1C#N)C(=O)N(C)c1ccccc1. The lowest BCUT2D eigenvalue weighted by atomic mass is 10.2. The van der Waals surface area contributed by atoms with Crippen molar-refractivity contribution in [2.75, 3.05) is 18.5 Å². The fraction of sp³-hybridized carbons (Fsp3) is 0.211. The molecule has 0 fully saturated rings. The molecule has 8 nitrogen and oxygen atoms in total. The third-order valence-corrected chi connectivity index (χ3v) is 5.29. The van der Waals surface area contributed by atoms with Crippen molar-refractivity contribution in [2.45, 2.75) is 17.9 Å². The van der Waals surface area contributed by atoms with Gasteiger partial charge >= 0.3 is 5.97 Å². The van der Waals surface area contributed by atoms with Crippen LogP contribution in [0, 0.1) is 11.3 Å². The number of hydrogen-bond donors (Lipinski definition) is 1. The molecule has 0 bridgehead atoms. The Labute approximate surface area is 163 Å². The van der Waals surface area contributed by atoms with E-state index >= 15 is 0 Å². The molecule has 28 heavy (non-hydrogen) atoms. The van der Waals surface area contributed by atoms with Crippen LogP contribution in [0.5, 0.6) is 0 Å². The summed E-state index contributed by atoms with van der Waals surface area (Å²) in [4.78, 5) is 25.4. The van der Waals surface area contributed by atoms with Gasteiger partial charge in [0.25, 0.3) is 5.91 Å². The molecule has 0 radical (unpaired) electrons. The van der Waals surface area contributed by atoms with Crippen LogP contribution in [-0.4, -0.2) is 40.0 Å². The van der Waals surface area contributed by atoms with Gasteiger partial charge in [0.1, 0.15) is 12.6 Å². The highest BCUT2D eigenvalue weighted by atomic mass is 32.2. The number of sulfonamides is 1. The molecule has 1 amide bonds. The van der Waals surface area contributed by atoms with Crippen LogP contribution in [0.25, 0.3) is 0 Å². The van der Waals surface area contributed by atoms with E-state index in [1.54, 1.807) is 37.4 Å². The zero-order valence-corrected chi connectivity index (χ0v) is 16.1. The first-order chi connectivity index (χ1) is 13.3. The van der Waals surface area contributed by atoms with Crippen molar-refractivity contribution in [2.24, 2.45) is 0 Å². The van der Waals surface area contributed by atoms with Gasteiger partial charge in [0, 0.05) is 12.7 Å². The number of amides is 1. The number of nitriles is 1. The second-order valence-corrected chi connectivity index (χ2v) is 7.53. The van der Waals surface area contributed by atoms with E-state index in [2.05, 4.69) is 4.72 Å². The maximum Gasteiger partial charge on any atom is 0.321 e. The smallest absolute Gasteiger partial charge is 0.321 e. The molecule has 1 N–H and O–H groups in total. The molecular formula is C19H19N3O5S. The molecule has 0 spiro atoms. The number of esters is 1. The summed E-state index contributed by atoms with van der Waals surface area (Å²) in [6, 6.07) is 16.2. The molecule has 0 unspecified atom stereocenters. The summed E-state index contributed by atoms with van der Waals surface area (Å²) in [6.07, 6.45) is -1.10. The van der Waals surface area contributed by atoms with Crippen LogP contribution in [0.2, 0.25) is 0 Å². The van der Waals surface area contributed by atoms with Gasteiger partial charge in [0.2, 0.25) is 10.0 Å². The zero-order chi connectivity index (χ0) is 20.7. The number of ether oxygens (including phenoxy) is 1. The summed E-state index contributed by atoms with van der Waals surface area (Å²) in [6.45, 7) is 0.730. The Kier molecular flexibility index (Phi) is 6.87. The molecule has 146 valence electrons. The van der Waals surface area contributed by atoms with Crippen LogP contribution in [0.1, 0.15) is 12.5 Å². The second-order valence-electron chi connectivity index (χ2n) is 5.80. The first-order valence-electron chi connectivity index (χ1n) is 8.27. The normalized spacial score (nSPS) is 11.9. The second kappa shape index (κ2) is 9.12. The molecule has 1 atom stereocenters. The first-order valence-corrected chi connectivity index (χ1v) is 9.75. The fourth-order valence-corrected chi connectivity index (χ4v) is 3.49. The van der Waals surface area contributed by atoms with Crippen molar-refractivity contribution in [3.8, 4) is 6.07 Å². The quantitative estimate of drug-likeness (QED) is 0.702. The van der Waals surface area contributed by atoms with Crippen molar-refractivity contribution < 1.29 is 22.7 Å². The van der Waals surface area contributed by atoms with E-state index in [0.29, 0.717) is 5.69 Å². The molecule has 2 aromatic carbocycles. The molecule has 0 saturated heterocycles. The Morgan fingerprint density at radius 2 is 1.75 bits per heavy atom. The minimum absolute atomic E-state index is 0.0450. The predicted molar refractivity (Wildman–Crippen MR) is 102 cm³/mol. The Hall–Kier alpha value is -3.22. The van der Waals surface area contributed by atoms with E-state index in [9.17, 15) is 18.0 Å². The summed E-state index contributed by atoms with van der Waals surface area (Å²) in [7, 11) is -2.54. The van der Waals surface area contributed by atoms with Gasteiger partial charge in [-0.05, 0) is 31.2 Å². The first kappa shape index (κ1) is 21.1. The number of likely N-dealkylation sites (N-methyl/N-ethyl adjacent to an activating group) is 1. The van der Waals surface area contributed by atoms with E-state index in [1.807, 2.05) is 6.07 Å². The van der Waals surface area contributed by atoms with E-state index in [1.165, 1.54) is 36.1 Å². The minimum atomic E-state index is -4.08. The van der Waals surface area contributed by atoms with Crippen LogP contribution >= 0.6 is 0 Å². The Balaban J connectivity index is 1.96. The van der Waals surface area contributed by atoms with Crippen LogP contribution in [0.4, 0.5) is 5.69 Å². The maximum atomic E-state index is 12.4. The van der Waals surface area contributed by atoms with Crippen molar-refractivity contribution in [3.05, 3.63) is 60.2 Å². The third kappa shape index (κ3) is 5.16. The van der Waals surface area contributed by atoms with Gasteiger partial charge in [0.15, 0.2) is 6.10 Å². The molecule has 0 saturated carbocycles. The van der Waals surface area contributed by atoms with Gasteiger partial charge in [-0.3, -0.25) is 9.59 Å². The average Bonchev–Trinajstić information content (AvgIpc) is 2.71. The number of nitrogens with zero attached hydrogens (tertiary/aromatic N) is 2. The number of anilines is 1. The van der Waals surface area contributed by atoms with E-state index in [4.69, 9.17) is 10.00 Å². The van der Waals surface area contributed by atoms with Crippen molar-refractivity contribution in [1.29, 1.82) is 5.26 Å². The minimum Gasteiger partial charge on any atom is -0.452 e. The number of hydrogen-bond acceptors (Lipinski definition) is 6. The van der Waals surface area contributed by atoms with Crippen molar-refractivity contribution in [1.82, 2.24) is 4.72 Å². The van der Waals surface area contributed by atoms with Crippen LogP contribution in [0.15, 0.2) is 59.5 Å². The number of carbonyl (C=O) groups excluding carboxylic acids is 2. The number of carbonyl (C=O) groups is 2. The van der Waals surface area contributed by atoms with Gasteiger partial charge in [-0.25, -0.2) is 8.42 Å². The molecule has 0 aliphatic rings. The Bertz CT molecular complexity index is 1000. The molecule has 2 aromatic rings. The monoisotopic (exact) mass is 401 g/mol. The lowest BCUT2D eigenvalue weighted by Crippen LogP contribution is -2.39. The van der Waals surface area contributed by atoms with E-state index < -0.39 is 34.5 Å². The zero-order valence-electron chi connectivity index (χ0n) is 15.3. The topological polar surface area (TPSA) is 117 Å². The predicted octanol–water partition coefficient (Wildman–Crippen LogP) is 1.43. The Morgan fingerprint density at radius 1 is 1.14 bits per heavy atom. The van der Waals surface area contributed by atoms with Crippen molar-refractivity contribution in [3.63, 3.8) is 0 Å². The maximum absolute atomic E-state index is 12.4. The molecule has 0 aliphatic heterocycles. The van der Waals surface area contributed by atoms with Crippen LogP contribution < -0.4 is 9.62 Å². The number of nitrogens with one attached hydrogen (secondary N) is 1. The summed E-state index contributed by atoms with van der Waals surface area (Å²) >= 11 is 0. The average molecular weight is 401 g/mol. The van der Waals surface area contributed by atoms with Gasteiger partial charge in [-0.2, -0.15) is 9.98 Å². The molecule has 2 rings (SSSR count). The summed E-state index contributed by atoms with van der Waals surface area (Å²) in [5.74, 6) is -1.38. The van der Waals surface area contributed by atoms with Gasteiger partial charge in [-0.15, -0.1) is 0 Å². The van der Waals surface area contributed by atoms with Crippen LogP contribution in [-0.2, 0) is 24.3 Å². The van der Waals surface area contributed by atoms with Gasteiger partial charge in [0.05, 0.1) is 10.5 Å². The highest BCUT2D eigenvalue weighted by molar-refractivity contribution is 7.89. The lowest BCUT2D eigenvalue weighted by molar-refractivity contribution is -0.152. The molecule has 0 aromatic heterocycles. The summed E-state index contributed by atoms with van der Waals surface area (Å²) < 4.78 is 31.7. The molecular weight excluding hydrogens is 382 g/mol. The highest BCUT2D eigenvalue weighted by Gasteiger charge is 2.24. The fourth-order valence-electron chi connectivity index (χ4n) is 2.37. The summed E-state index contributed by atoms with van der Waals surface area (Å²) in [5, 5.41) is 9.01. The highest BCUT2D eigenvalue weighted by Crippen LogP contribution is 2.15. The molecule has 9 heteroatoms. The number of para-hydroxylation sites is 1. The van der Waals surface area contributed by atoms with Crippen molar-refractivity contribution >= 4 is 27.6 Å². The van der Waals surface area contributed by atoms with E-state index in [-0.39, 0.29) is 10.5 Å². The number of rotatable bonds is 7. The standard InChI is InChI=1S/C19H19N3O5S/c1-14(19(24)22(2)16-9-4-3-5-10-16)27-18(23)13-21-28(25,26)17-11-7-6-8-15(17)12-20/h3-11,14,21H,13H2,1-2H3/t14-/m1/s1. The lowest BCUT2D eigenvalue weighted by Gasteiger charge is -2.21. The molecule has 0 aliphatic carbocycles. The van der Waals surface area contributed by atoms with Gasteiger partial charge in [-0.1, -0.05) is 30.3 Å². The van der Waals surface area contributed by atoms with Crippen LogP contribution in [0.3, 0.4) is 0 Å². The number of benzene rings is 2. The largest absolute Gasteiger partial charge is 0.452 e.